The van der Waals surface area contributed by atoms with Crippen molar-refractivity contribution in [2.45, 2.75) is 14.8 Å². The van der Waals surface area contributed by atoms with Gasteiger partial charge in [0.2, 0.25) is 10.0 Å². The van der Waals surface area contributed by atoms with E-state index in [2.05, 4.69) is 10.3 Å². The van der Waals surface area contributed by atoms with Gasteiger partial charge in [0.25, 0.3) is 5.91 Å². The predicted molar refractivity (Wildman–Crippen MR) is 110 cm³/mol. The minimum atomic E-state index is -3.51. The number of aromatic nitrogens is 1. The summed E-state index contributed by atoms with van der Waals surface area (Å²) >= 11 is 1.41. The number of nitrogens with zero attached hydrogens (tertiary/aromatic N) is 2. The van der Waals surface area contributed by atoms with E-state index in [1.807, 2.05) is 30.3 Å². The molecule has 6 nitrogen and oxygen atoms in total. The minimum absolute atomic E-state index is 0.164. The fourth-order valence-electron chi connectivity index (χ4n) is 2.36. The van der Waals surface area contributed by atoms with Gasteiger partial charge in [-0.1, -0.05) is 30.0 Å². The largest absolute Gasteiger partial charge is 0.322 e. The van der Waals surface area contributed by atoms with Crippen molar-refractivity contribution in [3.63, 3.8) is 0 Å². The fourth-order valence-corrected chi connectivity index (χ4v) is 4.17. The third-order valence-electron chi connectivity index (χ3n) is 3.86. The van der Waals surface area contributed by atoms with Crippen LogP contribution in [-0.4, -0.2) is 37.7 Å². The average molecular weight is 414 g/mol. The molecule has 0 atom stereocenters. The van der Waals surface area contributed by atoms with E-state index in [0.717, 1.165) is 9.20 Å². The summed E-state index contributed by atoms with van der Waals surface area (Å²) in [5, 5.41) is 3.39. The summed E-state index contributed by atoms with van der Waals surface area (Å²) in [4.78, 5) is 18.2. The zero-order valence-electron chi connectivity index (χ0n) is 15.4. The molecule has 1 amide bonds. The molecule has 0 aliphatic heterocycles. The monoisotopic (exact) mass is 413 g/mol. The summed E-state index contributed by atoms with van der Waals surface area (Å²) in [6.45, 7) is 0. The van der Waals surface area contributed by atoms with E-state index in [0.29, 0.717) is 16.3 Å². The molecule has 0 aliphatic carbocycles. The fraction of sp³-hybridized carbons (Fsp3) is 0.100. The Morgan fingerprint density at radius 1 is 0.964 bits per heavy atom. The van der Waals surface area contributed by atoms with Gasteiger partial charge in [-0.05, 0) is 48.5 Å². The molecule has 0 radical (unpaired) electrons. The van der Waals surface area contributed by atoms with Crippen LogP contribution in [-0.2, 0) is 10.0 Å². The van der Waals surface area contributed by atoms with E-state index < -0.39 is 10.0 Å². The molecule has 0 saturated heterocycles. The molecule has 0 spiro atoms. The standard InChI is InChI=1S/C20H19N3O3S2/c1-23(2)28(25,26)17-12-10-15(11-13-17)22-19(24)18-9-6-14-21-20(18)27-16-7-4-3-5-8-16/h3-14H,1-2H3,(H,22,24). The molecule has 3 rings (SSSR count). The Bertz CT molecular complexity index is 1070. The number of nitrogens with one attached hydrogen (secondary N) is 1. The van der Waals surface area contributed by atoms with Crippen LogP contribution in [0, 0.1) is 0 Å². The quantitative estimate of drug-likeness (QED) is 0.666. The molecule has 1 heterocycles. The lowest BCUT2D eigenvalue weighted by Gasteiger charge is -2.12. The highest BCUT2D eigenvalue weighted by molar-refractivity contribution is 7.99. The maximum atomic E-state index is 12.7. The van der Waals surface area contributed by atoms with Gasteiger partial charge >= 0.3 is 0 Å². The van der Waals surface area contributed by atoms with Gasteiger partial charge in [-0.25, -0.2) is 17.7 Å². The first-order valence-corrected chi connectivity index (χ1v) is 10.7. The summed E-state index contributed by atoms with van der Waals surface area (Å²) in [7, 11) is -0.565. The number of hydrogen-bond donors (Lipinski definition) is 1. The zero-order valence-corrected chi connectivity index (χ0v) is 17.0. The Hall–Kier alpha value is -2.68. The van der Waals surface area contributed by atoms with E-state index in [-0.39, 0.29) is 10.8 Å². The lowest BCUT2D eigenvalue weighted by atomic mass is 10.2. The first kappa shape index (κ1) is 20.1. The predicted octanol–water partition coefficient (Wildman–Crippen LogP) is 3.74. The lowest BCUT2D eigenvalue weighted by molar-refractivity contribution is 0.102. The van der Waals surface area contributed by atoms with Crippen molar-refractivity contribution in [3.05, 3.63) is 78.5 Å². The Labute approximate surface area is 168 Å². The second-order valence-electron chi connectivity index (χ2n) is 6.04. The van der Waals surface area contributed by atoms with Crippen LogP contribution in [0.15, 0.2) is 87.7 Å². The van der Waals surface area contributed by atoms with Gasteiger partial charge in [-0.3, -0.25) is 4.79 Å². The van der Waals surface area contributed by atoms with Gasteiger partial charge in [0, 0.05) is 30.9 Å². The molecular weight excluding hydrogens is 394 g/mol. The highest BCUT2D eigenvalue weighted by Crippen LogP contribution is 2.28. The number of pyridine rings is 1. The van der Waals surface area contributed by atoms with E-state index in [1.54, 1.807) is 30.5 Å². The van der Waals surface area contributed by atoms with Crippen LogP contribution >= 0.6 is 11.8 Å². The summed E-state index contributed by atoms with van der Waals surface area (Å²) in [5.74, 6) is -0.310. The van der Waals surface area contributed by atoms with Gasteiger partial charge in [-0.15, -0.1) is 0 Å². The molecule has 0 aliphatic rings. The maximum absolute atomic E-state index is 12.7. The van der Waals surface area contributed by atoms with Gasteiger partial charge < -0.3 is 5.32 Å². The topological polar surface area (TPSA) is 79.4 Å². The SMILES string of the molecule is CN(C)S(=O)(=O)c1ccc(NC(=O)c2cccnc2Sc2ccccc2)cc1. The van der Waals surface area contributed by atoms with Crippen molar-refractivity contribution in [2.75, 3.05) is 19.4 Å². The van der Waals surface area contributed by atoms with Crippen molar-refractivity contribution >= 4 is 33.4 Å². The highest BCUT2D eigenvalue weighted by atomic mass is 32.2. The van der Waals surface area contributed by atoms with Crippen molar-refractivity contribution in [1.29, 1.82) is 0 Å². The number of amides is 1. The van der Waals surface area contributed by atoms with Crippen LogP contribution in [0.1, 0.15) is 10.4 Å². The Morgan fingerprint density at radius 2 is 1.64 bits per heavy atom. The maximum Gasteiger partial charge on any atom is 0.258 e. The van der Waals surface area contributed by atoms with Crippen LogP contribution in [0.2, 0.25) is 0 Å². The van der Waals surface area contributed by atoms with E-state index in [4.69, 9.17) is 0 Å². The summed E-state index contributed by atoms with van der Waals surface area (Å²) in [6.07, 6.45) is 1.64. The molecule has 28 heavy (non-hydrogen) atoms. The van der Waals surface area contributed by atoms with Crippen LogP contribution < -0.4 is 5.32 Å². The molecule has 3 aromatic rings. The second kappa shape index (κ2) is 8.55. The second-order valence-corrected chi connectivity index (χ2v) is 9.25. The number of sulfonamides is 1. The number of carbonyl (C=O) groups excluding carboxylic acids is 1. The number of rotatable bonds is 6. The minimum Gasteiger partial charge on any atom is -0.322 e. The molecular formula is C20H19N3O3S2. The first-order valence-electron chi connectivity index (χ1n) is 8.40. The molecule has 0 unspecified atom stereocenters. The summed E-state index contributed by atoms with van der Waals surface area (Å²) in [6, 6.07) is 19.1. The molecule has 0 saturated carbocycles. The van der Waals surface area contributed by atoms with E-state index in [1.165, 1.54) is 38.0 Å². The Balaban J connectivity index is 1.79. The molecule has 8 heteroatoms. The van der Waals surface area contributed by atoms with Crippen molar-refractivity contribution in [2.24, 2.45) is 0 Å². The van der Waals surface area contributed by atoms with Crippen molar-refractivity contribution in [3.8, 4) is 0 Å². The average Bonchev–Trinajstić information content (AvgIpc) is 2.69. The highest BCUT2D eigenvalue weighted by Gasteiger charge is 2.18. The smallest absolute Gasteiger partial charge is 0.258 e. The van der Waals surface area contributed by atoms with E-state index in [9.17, 15) is 13.2 Å². The van der Waals surface area contributed by atoms with Crippen LogP contribution in [0.5, 0.6) is 0 Å². The number of benzene rings is 2. The first-order chi connectivity index (χ1) is 13.4. The Kier molecular flexibility index (Phi) is 6.13. The summed E-state index contributed by atoms with van der Waals surface area (Å²) < 4.78 is 25.4. The zero-order chi connectivity index (χ0) is 20.1. The molecule has 1 N–H and O–H groups in total. The molecule has 144 valence electrons. The molecule has 2 aromatic carbocycles. The number of hydrogen-bond acceptors (Lipinski definition) is 5. The van der Waals surface area contributed by atoms with Gasteiger partial charge in [-0.2, -0.15) is 0 Å². The van der Waals surface area contributed by atoms with Gasteiger partial charge in [0.15, 0.2) is 0 Å². The van der Waals surface area contributed by atoms with Gasteiger partial charge in [0.05, 0.1) is 10.5 Å². The third-order valence-corrected chi connectivity index (χ3v) is 6.72. The third kappa shape index (κ3) is 4.59. The lowest BCUT2D eigenvalue weighted by Crippen LogP contribution is -2.22. The molecule has 0 bridgehead atoms. The number of anilines is 1. The van der Waals surface area contributed by atoms with Gasteiger partial charge in [0.1, 0.15) is 5.03 Å². The molecule has 0 fully saturated rings. The molecule has 1 aromatic heterocycles. The number of carbonyl (C=O) groups is 1. The normalized spacial score (nSPS) is 11.4. The van der Waals surface area contributed by atoms with Crippen LogP contribution in [0.3, 0.4) is 0 Å². The van der Waals surface area contributed by atoms with Crippen molar-refractivity contribution in [1.82, 2.24) is 9.29 Å². The Morgan fingerprint density at radius 3 is 2.29 bits per heavy atom. The van der Waals surface area contributed by atoms with Crippen LogP contribution in [0.25, 0.3) is 0 Å². The summed E-state index contributed by atoms with van der Waals surface area (Å²) in [5.41, 5.74) is 0.948. The van der Waals surface area contributed by atoms with E-state index >= 15 is 0 Å². The van der Waals surface area contributed by atoms with Crippen LogP contribution in [0.4, 0.5) is 5.69 Å². The van der Waals surface area contributed by atoms with Crippen molar-refractivity contribution < 1.29 is 13.2 Å².